The van der Waals surface area contributed by atoms with E-state index in [1.165, 1.54) is 12.1 Å². The fourth-order valence-corrected chi connectivity index (χ4v) is 3.21. The molecule has 1 aromatic rings. The van der Waals surface area contributed by atoms with Gasteiger partial charge in [-0.05, 0) is 37.3 Å². The number of nitro groups is 1. The summed E-state index contributed by atoms with van der Waals surface area (Å²) >= 11 is 0. The summed E-state index contributed by atoms with van der Waals surface area (Å²) in [6.45, 7) is 2.16. The summed E-state index contributed by atoms with van der Waals surface area (Å²) in [5, 5.41) is 14.3. The Hall–Kier alpha value is -1.63. The van der Waals surface area contributed by atoms with Crippen molar-refractivity contribution in [3.63, 3.8) is 0 Å². The summed E-state index contributed by atoms with van der Waals surface area (Å²) in [5.74, 6) is 0.613. The summed E-state index contributed by atoms with van der Waals surface area (Å²) in [7, 11) is -3.44. The van der Waals surface area contributed by atoms with Crippen LogP contribution in [-0.2, 0) is 9.84 Å². The zero-order valence-electron chi connectivity index (χ0n) is 11.5. The lowest BCUT2D eigenvalue weighted by molar-refractivity contribution is -0.384. The summed E-state index contributed by atoms with van der Waals surface area (Å²) in [5.41, 5.74) is 0.203. The minimum Gasteiger partial charge on any atom is -0.377 e. The number of benzene rings is 1. The molecule has 1 aliphatic rings. The third-order valence-electron chi connectivity index (χ3n) is 3.65. The first-order chi connectivity index (χ1) is 9.27. The van der Waals surface area contributed by atoms with Gasteiger partial charge in [-0.25, -0.2) is 8.42 Å². The molecule has 1 saturated carbocycles. The first-order valence-electron chi connectivity index (χ1n) is 6.52. The van der Waals surface area contributed by atoms with Crippen molar-refractivity contribution in [3.05, 3.63) is 28.3 Å². The standard InChI is InChI=1S/C13H18N2O4S/c1-9-3-4-10(7-9)14-12-6-5-11(20(2,18)19)8-13(12)15(16)17/h5-6,8-10,14H,3-4,7H2,1-2H3. The average molecular weight is 298 g/mol. The summed E-state index contributed by atoms with van der Waals surface area (Å²) < 4.78 is 22.9. The maximum absolute atomic E-state index is 11.5. The zero-order chi connectivity index (χ0) is 14.9. The number of rotatable bonds is 4. The van der Waals surface area contributed by atoms with E-state index < -0.39 is 14.8 Å². The van der Waals surface area contributed by atoms with Gasteiger partial charge in [0.25, 0.3) is 5.69 Å². The zero-order valence-corrected chi connectivity index (χ0v) is 12.3. The normalized spacial score (nSPS) is 22.7. The molecule has 0 saturated heterocycles. The SMILES string of the molecule is CC1CCC(Nc2ccc(S(C)(=O)=O)cc2[N+](=O)[O-])C1. The third kappa shape index (κ3) is 3.27. The number of nitrogens with one attached hydrogen (secondary N) is 1. The van der Waals surface area contributed by atoms with Crippen LogP contribution in [0.5, 0.6) is 0 Å². The second kappa shape index (κ2) is 5.40. The van der Waals surface area contributed by atoms with E-state index in [1.54, 1.807) is 0 Å². The molecule has 1 N–H and O–H groups in total. The maximum Gasteiger partial charge on any atom is 0.293 e. The summed E-state index contributed by atoms with van der Waals surface area (Å²) in [6.07, 6.45) is 4.10. The van der Waals surface area contributed by atoms with Gasteiger partial charge < -0.3 is 5.32 Å². The largest absolute Gasteiger partial charge is 0.377 e. The maximum atomic E-state index is 11.5. The van der Waals surface area contributed by atoms with Crippen molar-refractivity contribution < 1.29 is 13.3 Å². The van der Waals surface area contributed by atoms with Gasteiger partial charge in [-0.1, -0.05) is 6.92 Å². The van der Waals surface area contributed by atoms with Crippen LogP contribution < -0.4 is 5.32 Å². The number of hydrogen-bond donors (Lipinski definition) is 1. The van der Waals surface area contributed by atoms with Gasteiger partial charge in [0.05, 0.1) is 9.82 Å². The molecule has 6 nitrogen and oxygen atoms in total. The predicted octanol–water partition coefficient (Wildman–Crippen LogP) is 2.60. The molecule has 0 bridgehead atoms. The molecule has 110 valence electrons. The molecule has 2 atom stereocenters. The van der Waals surface area contributed by atoms with Crippen LogP contribution in [-0.4, -0.2) is 25.6 Å². The molecule has 0 spiro atoms. The molecule has 0 aromatic heterocycles. The highest BCUT2D eigenvalue weighted by atomic mass is 32.2. The first kappa shape index (κ1) is 14.8. The van der Waals surface area contributed by atoms with Crippen molar-refractivity contribution in [3.8, 4) is 0 Å². The summed E-state index contributed by atoms with van der Waals surface area (Å²) in [4.78, 5) is 10.5. The van der Waals surface area contributed by atoms with Crippen molar-refractivity contribution >= 4 is 21.2 Å². The Bertz CT molecular complexity index is 627. The Kier molecular flexibility index (Phi) is 3.99. The van der Waals surface area contributed by atoms with E-state index in [2.05, 4.69) is 12.2 Å². The van der Waals surface area contributed by atoms with Crippen molar-refractivity contribution in [2.75, 3.05) is 11.6 Å². The molecule has 0 radical (unpaired) electrons. The van der Waals surface area contributed by atoms with Gasteiger partial charge in [0.15, 0.2) is 9.84 Å². The lowest BCUT2D eigenvalue weighted by Crippen LogP contribution is -2.16. The molecule has 2 rings (SSSR count). The highest BCUT2D eigenvalue weighted by Crippen LogP contribution is 2.32. The van der Waals surface area contributed by atoms with Crippen LogP contribution in [0, 0.1) is 16.0 Å². The van der Waals surface area contributed by atoms with Gasteiger partial charge >= 0.3 is 0 Å². The Labute approximate surface area is 118 Å². The first-order valence-corrected chi connectivity index (χ1v) is 8.41. The highest BCUT2D eigenvalue weighted by molar-refractivity contribution is 7.90. The average Bonchev–Trinajstić information content (AvgIpc) is 2.73. The third-order valence-corrected chi connectivity index (χ3v) is 4.76. The van der Waals surface area contributed by atoms with E-state index in [4.69, 9.17) is 0 Å². The van der Waals surface area contributed by atoms with E-state index in [0.717, 1.165) is 31.6 Å². The Morgan fingerprint density at radius 3 is 2.55 bits per heavy atom. The molecule has 20 heavy (non-hydrogen) atoms. The second-order valence-corrected chi connectivity index (χ2v) is 7.48. The van der Waals surface area contributed by atoms with Gasteiger partial charge in [0.1, 0.15) is 5.69 Å². The van der Waals surface area contributed by atoms with E-state index in [-0.39, 0.29) is 16.6 Å². The van der Waals surface area contributed by atoms with E-state index in [9.17, 15) is 18.5 Å². The van der Waals surface area contributed by atoms with Gasteiger partial charge in [-0.15, -0.1) is 0 Å². The molecular formula is C13H18N2O4S. The number of nitrogens with zero attached hydrogens (tertiary/aromatic N) is 1. The van der Waals surface area contributed by atoms with Gasteiger partial charge in [0, 0.05) is 18.4 Å². The van der Waals surface area contributed by atoms with Gasteiger partial charge in [0.2, 0.25) is 0 Å². The number of nitro benzene ring substituents is 1. The minimum absolute atomic E-state index is 0.0328. The van der Waals surface area contributed by atoms with Crippen LogP contribution in [0.15, 0.2) is 23.1 Å². The monoisotopic (exact) mass is 298 g/mol. The van der Waals surface area contributed by atoms with Gasteiger partial charge in [-0.2, -0.15) is 0 Å². The molecule has 0 aliphatic heterocycles. The predicted molar refractivity (Wildman–Crippen MR) is 76.6 cm³/mol. The van der Waals surface area contributed by atoms with Crippen LogP contribution in [0.4, 0.5) is 11.4 Å². The van der Waals surface area contributed by atoms with Crippen molar-refractivity contribution in [1.82, 2.24) is 0 Å². The molecule has 0 heterocycles. The van der Waals surface area contributed by atoms with Crippen LogP contribution in [0.3, 0.4) is 0 Å². The lowest BCUT2D eigenvalue weighted by atomic mass is 10.1. The Balaban J connectivity index is 2.31. The van der Waals surface area contributed by atoms with E-state index >= 15 is 0 Å². The molecule has 1 fully saturated rings. The Morgan fingerprint density at radius 1 is 1.35 bits per heavy atom. The minimum atomic E-state index is -3.44. The van der Waals surface area contributed by atoms with Crippen LogP contribution in [0.25, 0.3) is 0 Å². The fraction of sp³-hybridized carbons (Fsp3) is 0.538. The Morgan fingerprint density at radius 2 is 2.05 bits per heavy atom. The van der Waals surface area contributed by atoms with Crippen LogP contribution in [0.1, 0.15) is 26.2 Å². The quantitative estimate of drug-likeness (QED) is 0.681. The molecule has 1 aliphatic carbocycles. The number of anilines is 1. The smallest absolute Gasteiger partial charge is 0.293 e. The molecule has 7 heteroatoms. The topological polar surface area (TPSA) is 89.3 Å². The van der Waals surface area contributed by atoms with E-state index in [1.807, 2.05) is 0 Å². The second-order valence-electron chi connectivity index (χ2n) is 5.47. The van der Waals surface area contributed by atoms with E-state index in [0.29, 0.717) is 11.6 Å². The van der Waals surface area contributed by atoms with Crippen LogP contribution >= 0.6 is 0 Å². The molecule has 2 unspecified atom stereocenters. The molecule has 1 aromatic carbocycles. The van der Waals surface area contributed by atoms with Gasteiger partial charge in [-0.3, -0.25) is 10.1 Å². The molecule has 0 amide bonds. The fourth-order valence-electron chi connectivity index (χ4n) is 2.57. The van der Waals surface area contributed by atoms with Crippen molar-refractivity contribution in [2.24, 2.45) is 5.92 Å². The lowest BCUT2D eigenvalue weighted by Gasteiger charge is -2.14. The highest BCUT2D eigenvalue weighted by Gasteiger charge is 2.25. The van der Waals surface area contributed by atoms with Crippen molar-refractivity contribution in [1.29, 1.82) is 0 Å². The summed E-state index contributed by atoms with van der Waals surface area (Å²) in [6, 6.07) is 4.23. The molecular weight excluding hydrogens is 280 g/mol. The number of hydrogen-bond acceptors (Lipinski definition) is 5. The van der Waals surface area contributed by atoms with Crippen LogP contribution in [0.2, 0.25) is 0 Å². The number of sulfone groups is 1. The van der Waals surface area contributed by atoms with Crippen molar-refractivity contribution in [2.45, 2.75) is 37.1 Å².